The Kier molecular flexibility index (Phi) is 1.80. The Morgan fingerprint density at radius 2 is 2.55 bits per heavy atom. The zero-order valence-electron chi connectivity index (χ0n) is 6.11. The van der Waals surface area contributed by atoms with Crippen LogP contribution in [0.1, 0.15) is 5.82 Å². The first-order valence-electron chi connectivity index (χ1n) is 3.09. The topological polar surface area (TPSA) is 81.1 Å². The molecule has 0 saturated heterocycles. The maximum Gasteiger partial charge on any atom is 0.311 e. The third-order valence-electron chi connectivity index (χ3n) is 1.43. The molecule has 1 rings (SSSR count). The van der Waals surface area contributed by atoms with Crippen molar-refractivity contribution in [2.24, 2.45) is 7.05 Å². The molecule has 5 heteroatoms. The fourth-order valence-electron chi connectivity index (χ4n) is 0.762. The highest BCUT2D eigenvalue weighted by Gasteiger charge is 2.06. The van der Waals surface area contributed by atoms with Crippen LogP contribution in [-0.4, -0.2) is 20.6 Å². The van der Waals surface area contributed by atoms with Gasteiger partial charge in [-0.3, -0.25) is 4.79 Å². The Balaban J connectivity index is 2.87. The fourth-order valence-corrected chi connectivity index (χ4v) is 0.762. The first-order chi connectivity index (χ1) is 5.11. The fraction of sp³-hybridized carbons (Fsp3) is 0.333. The predicted octanol–water partition coefficient (Wildman–Crippen LogP) is -0.371. The van der Waals surface area contributed by atoms with Crippen LogP contribution in [0.2, 0.25) is 0 Å². The highest BCUT2D eigenvalue weighted by Crippen LogP contribution is 2.03. The van der Waals surface area contributed by atoms with Crippen molar-refractivity contribution in [1.82, 2.24) is 9.55 Å². The molecule has 1 heterocycles. The van der Waals surface area contributed by atoms with E-state index in [0.717, 1.165) is 0 Å². The molecule has 0 bridgehead atoms. The summed E-state index contributed by atoms with van der Waals surface area (Å²) in [6.07, 6.45) is 1.35. The van der Waals surface area contributed by atoms with E-state index in [1.807, 2.05) is 0 Å². The Morgan fingerprint density at radius 1 is 1.91 bits per heavy atom. The molecule has 0 fully saturated rings. The summed E-state index contributed by atoms with van der Waals surface area (Å²) >= 11 is 0. The molecule has 0 amide bonds. The largest absolute Gasteiger partial charge is 0.481 e. The van der Waals surface area contributed by atoms with Gasteiger partial charge in [-0.2, -0.15) is 0 Å². The molecule has 0 aromatic carbocycles. The van der Waals surface area contributed by atoms with Crippen LogP contribution in [-0.2, 0) is 18.3 Å². The Bertz CT molecular complexity index is 279. The summed E-state index contributed by atoms with van der Waals surface area (Å²) in [6.45, 7) is 0. The third kappa shape index (κ3) is 1.49. The van der Waals surface area contributed by atoms with Crippen molar-refractivity contribution in [2.45, 2.75) is 6.42 Å². The number of imidazole rings is 1. The summed E-state index contributed by atoms with van der Waals surface area (Å²) in [5.74, 6) is 0.0370. The van der Waals surface area contributed by atoms with Gasteiger partial charge in [0, 0.05) is 7.05 Å². The number of hydrogen-bond acceptors (Lipinski definition) is 3. The van der Waals surface area contributed by atoms with E-state index in [4.69, 9.17) is 10.8 Å². The van der Waals surface area contributed by atoms with E-state index in [1.54, 1.807) is 11.6 Å². The summed E-state index contributed by atoms with van der Waals surface area (Å²) in [4.78, 5) is 14.0. The second-order valence-corrected chi connectivity index (χ2v) is 2.23. The predicted molar refractivity (Wildman–Crippen MR) is 39.0 cm³/mol. The Labute approximate surface area is 63.5 Å². The van der Waals surface area contributed by atoms with Gasteiger partial charge in [0.2, 0.25) is 0 Å². The van der Waals surface area contributed by atoms with E-state index in [2.05, 4.69) is 4.98 Å². The summed E-state index contributed by atoms with van der Waals surface area (Å²) in [6, 6.07) is 0. The molecule has 0 aliphatic rings. The number of carboxylic acid groups (broad SMARTS) is 1. The third-order valence-corrected chi connectivity index (χ3v) is 1.43. The van der Waals surface area contributed by atoms with E-state index in [9.17, 15) is 4.79 Å². The van der Waals surface area contributed by atoms with E-state index >= 15 is 0 Å². The van der Waals surface area contributed by atoms with Gasteiger partial charge >= 0.3 is 5.97 Å². The maximum absolute atomic E-state index is 10.2. The van der Waals surface area contributed by atoms with Crippen molar-refractivity contribution in [1.29, 1.82) is 0 Å². The number of rotatable bonds is 2. The Hall–Kier alpha value is -1.52. The lowest BCUT2D eigenvalue weighted by molar-refractivity contribution is -0.136. The number of nitrogen functional groups attached to an aromatic ring is 1. The molecular weight excluding hydrogens is 146 g/mol. The number of carbonyl (C=O) groups is 1. The molecule has 60 valence electrons. The summed E-state index contributed by atoms with van der Waals surface area (Å²) in [5.41, 5.74) is 5.42. The molecule has 0 spiro atoms. The molecular formula is C6H9N3O2. The minimum Gasteiger partial charge on any atom is -0.481 e. The van der Waals surface area contributed by atoms with E-state index in [0.29, 0.717) is 11.6 Å². The summed E-state index contributed by atoms with van der Waals surface area (Å²) in [5, 5.41) is 8.41. The van der Waals surface area contributed by atoms with Gasteiger partial charge in [-0.25, -0.2) is 4.98 Å². The first kappa shape index (κ1) is 7.59. The van der Waals surface area contributed by atoms with Crippen molar-refractivity contribution >= 4 is 11.8 Å². The van der Waals surface area contributed by atoms with Crippen LogP contribution >= 0.6 is 0 Å². The van der Waals surface area contributed by atoms with Crippen molar-refractivity contribution < 1.29 is 9.90 Å². The van der Waals surface area contributed by atoms with Crippen LogP contribution in [0.3, 0.4) is 0 Å². The molecule has 0 saturated carbocycles. The molecule has 0 atom stereocenters. The van der Waals surface area contributed by atoms with Gasteiger partial charge in [-0.1, -0.05) is 0 Å². The zero-order chi connectivity index (χ0) is 8.43. The highest BCUT2D eigenvalue weighted by molar-refractivity contribution is 5.69. The first-order valence-corrected chi connectivity index (χ1v) is 3.09. The lowest BCUT2D eigenvalue weighted by atomic mass is 10.4. The number of anilines is 1. The molecule has 11 heavy (non-hydrogen) atoms. The molecule has 5 nitrogen and oxygen atoms in total. The highest BCUT2D eigenvalue weighted by atomic mass is 16.4. The summed E-state index contributed by atoms with van der Waals surface area (Å²) < 4.78 is 1.55. The molecule has 3 N–H and O–H groups in total. The number of nitrogens with two attached hydrogens (primary N) is 1. The molecule has 0 unspecified atom stereocenters. The second kappa shape index (κ2) is 2.61. The Morgan fingerprint density at radius 3 is 2.91 bits per heavy atom. The van der Waals surface area contributed by atoms with Crippen LogP contribution in [0.5, 0.6) is 0 Å². The van der Waals surface area contributed by atoms with Crippen molar-refractivity contribution in [3.05, 3.63) is 12.0 Å². The molecule has 1 aromatic heterocycles. The summed E-state index contributed by atoms with van der Waals surface area (Å²) in [7, 11) is 1.68. The number of nitrogens with zero attached hydrogens (tertiary/aromatic N) is 2. The average Bonchev–Trinajstić information content (AvgIpc) is 2.18. The van der Waals surface area contributed by atoms with Crippen molar-refractivity contribution in [2.75, 3.05) is 5.73 Å². The molecule has 0 radical (unpaired) electrons. The van der Waals surface area contributed by atoms with Gasteiger partial charge in [-0.05, 0) is 0 Å². The van der Waals surface area contributed by atoms with Gasteiger partial charge < -0.3 is 15.4 Å². The normalized spacial score (nSPS) is 9.91. The molecule has 0 aliphatic heterocycles. The standard InChI is InChI=1S/C6H9N3O2/c1-9-4(7)3-8-5(9)2-6(10)11/h3H,2,7H2,1H3,(H,10,11). The van der Waals surface area contributed by atoms with Gasteiger partial charge in [0.1, 0.15) is 18.1 Å². The SMILES string of the molecule is Cn1c(N)cnc1CC(=O)O. The van der Waals surface area contributed by atoms with Gasteiger partial charge in [0.15, 0.2) is 0 Å². The molecule has 1 aromatic rings. The van der Waals surface area contributed by atoms with Crippen LogP contribution in [0, 0.1) is 0 Å². The number of hydrogen-bond donors (Lipinski definition) is 2. The van der Waals surface area contributed by atoms with Gasteiger partial charge in [0.05, 0.1) is 6.20 Å². The zero-order valence-corrected chi connectivity index (χ0v) is 6.11. The van der Waals surface area contributed by atoms with Crippen molar-refractivity contribution in [3.8, 4) is 0 Å². The van der Waals surface area contributed by atoms with Crippen LogP contribution in [0.25, 0.3) is 0 Å². The second-order valence-electron chi connectivity index (χ2n) is 2.23. The minimum atomic E-state index is -0.904. The number of carboxylic acids is 1. The van der Waals surface area contributed by atoms with Crippen LogP contribution in [0.15, 0.2) is 6.20 Å². The lowest BCUT2D eigenvalue weighted by Gasteiger charge is -1.98. The van der Waals surface area contributed by atoms with Crippen LogP contribution in [0.4, 0.5) is 5.82 Å². The average molecular weight is 155 g/mol. The number of aromatic nitrogens is 2. The maximum atomic E-state index is 10.2. The quantitative estimate of drug-likeness (QED) is 0.610. The number of aliphatic carboxylic acids is 1. The minimum absolute atomic E-state index is 0.0896. The van der Waals surface area contributed by atoms with Crippen molar-refractivity contribution in [3.63, 3.8) is 0 Å². The van der Waals surface area contributed by atoms with E-state index in [1.165, 1.54) is 6.20 Å². The van der Waals surface area contributed by atoms with E-state index < -0.39 is 5.97 Å². The van der Waals surface area contributed by atoms with E-state index in [-0.39, 0.29) is 6.42 Å². The van der Waals surface area contributed by atoms with Crippen LogP contribution < -0.4 is 5.73 Å². The monoisotopic (exact) mass is 155 g/mol. The lowest BCUT2D eigenvalue weighted by Crippen LogP contribution is -2.07. The van der Waals surface area contributed by atoms with Gasteiger partial charge in [0.25, 0.3) is 0 Å². The molecule has 0 aliphatic carbocycles. The smallest absolute Gasteiger partial charge is 0.311 e. The van der Waals surface area contributed by atoms with Gasteiger partial charge in [-0.15, -0.1) is 0 Å².